The fraction of sp³-hybridized carbons (Fsp3) is 0.621. The number of rotatable bonds is 16. The Bertz CT molecular complexity index is 980. The maximum Gasteiger partial charge on any atom is 0.272 e. The van der Waals surface area contributed by atoms with Crippen LogP contribution >= 0.6 is 0 Å². The minimum Gasteiger partial charge on any atom is -0.496 e. The summed E-state index contributed by atoms with van der Waals surface area (Å²) in [6, 6.07) is 7.12. The summed E-state index contributed by atoms with van der Waals surface area (Å²) in [5.41, 5.74) is 1.82. The molecular weight excluding hydrogens is 468 g/mol. The summed E-state index contributed by atoms with van der Waals surface area (Å²) < 4.78 is 13.1. The molecule has 0 bridgehead atoms. The highest BCUT2D eigenvalue weighted by Crippen LogP contribution is 2.39. The normalized spacial score (nSPS) is 12.8. The van der Waals surface area contributed by atoms with Crippen molar-refractivity contribution in [3.8, 4) is 22.8 Å². The predicted molar refractivity (Wildman–Crippen MR) is 148 cm³/mol. The first-order valence-electron chi connectivity index (χ1n) is 13.6. The fourth-order valence-corrected chi connectivity index (χ4v) is 4.32. The van der Waals surface area contributed by atoms with Gasteiger partial charge in [0.25, 0.3) is 5.91 Å². The molecule has 2 rings (SSSR count). The van der Waals surface area contributed by atoms with Crippen LogP contribution in [-0.2, 0) is 11.3 Å². The highest BCUT2D eigenvalue weighted by atomic mass is 16.5. The van der Waals surface area contributed by atoms with Crippen molar-refractivity contribution < 1.29 is 19.1 Å². The van der Waals surface area contributed by atoms with Crippen molar-refractivity contribution in [2.75, 3.05) is 20.8 Å². The van der Waals surface area contributed by atoms with Gasteiger partial charge >= 0.3 is 0 Å². The van der Waals surface area contributed by atoms with E-state index < -0.39 is 0 Å². The largest absolute Gasteiger partial charge is 0.496 e. The number of aromatic nitrogens is 2. The highest BCUT2D eigenvalue weighted by molar-refractivity contribution is 5.94. The number of hydrogen-bond acceptors (Lipinski definition) is 5. The van der Waals surface area contributed by atoms with E-state index in [9.17, 15) is 9.59 Å². The lowest BCUT2D eigenvalue weighted by Crippen LogP contribution is -2.40. The molecule has 0 spiro atoms. The van der Waals surface area contributed by atoms with Gasteiger partial charge in [-0.05, 0) is 42.9 Å². The molecule has 2 N–H and O–H groups in total. The second-order valence-corrected chi connectivity index (χ2v) is 10.2. The van der Waals surface area contributed by atoms with E-state index in [1.807, 2.05) is 22.9 Å². The SMILES string of the molecule is CCCCCNC(=O)C[C@H](CC(C)C)NC(=O)c1cc(-c2c(OC)cccc2OC)n(CC(C)CC)n1. The summed E-state index contributed by atoms with van der Waals surface area (Å²) in [7, 11) is 3.23. The number of carbonyl (C=O) groups is 2. The molecule has 0 aliphatic carbocycles. The van der Waals surface area contributed by atoms with E-state index in [1.165, 1.54) is 0 Å². The highest BCUT2D eigenvalue weighted by Gasteiger charge is 2.24. The first-order valence-corrected chi connectivity index (χ1v) is 13.6. The van der Waals surface area contributed by atoms with Crippen LogP contribution in [0.1, 0.15) is 83.6 Å². The molecule has 0 saturated carbocycles. The number of ether oxygens (including phenoxy) is 2. The average Bonchev–Trinajstić information content (AvgIpc) is 3.28. The molecule has 0 radical (unpaired) electrons. The second-order valence-electron chi connectivity index (χ2n) is 10.2. The molecule has 37 heavy (non-hydrogen) atoms. The van der Waals surface area contributed by atoms with Crippen molar-refractivity contribution in [1.82, 2.24) is 20.4 Å². The van der Waals surface area contributed by atoms with Gasteiger partial charge in [-0.1, -0.05) is 59.9 Å². The summed E-state index contributed by atoms with van der Waals surface area (Å²) in [6.45, 7) is 11.9. The van der Waals surface area contributed by atoms with Crippen LogP contribution in [0.15, 0.2) is 24.3 Å². The van der Waals surface area contributed by atoms with E-state index in [4.69, 9.17) is 14.6 Å². The third-order valence-electron chi connectivity index (χ3n) is 6.50. The smallest absolute Gasteiger partial charge is 0.272 e. The molecule has 2 atom stereocenters. The third kappa shape index (κ3) is 9.09. The minimum absolute atomic E-state index is 0.0381. The monoisotopic (exact) mass is 514 g/mol. The van der Waals surface area contributed by atoms with Gasteiger partial charge in [-0.3, -0.25) is 14.3 Å². The predicted octanol–water partition coefficient (Wildman–Crippen LogP) is 5.45. The molecule has 1 heterocycles. The maximum absolute atomic E-state index is 13.4. The van der Waals surface area contributed by atoms with Crippen LogP contribution in [0.2, 0.25) is 0 Å². The molecule has 1 unspecified atom stereocenters. The summed E-state index contributed by atoms with van der Waals surface area (Å²) >= 11 is 0. The van der Waals surface area contributed by atoms with Crippen molar-refractivity contribution in [3.05, 3.63) is 30.0 Å². The Balaban J connectivity index is 2.33. The Hall–Kier alpha value is -3.03. The van der Waals surface area contributed by atoms with Crippen LogP contribution in [0.3, 0.4) is 0 Å². The Kier molecular flexibility index (Phi) is 12.5. The van der Waals surface area contributed by atoms with E-state index in [1.54, 1.807) is 20.3 Å². The summed E-state index contributed by atoms with van der Waals surface area (Å²) in [6.07, 6.45) is 5.09. The topological polar surface area (TPSA) is 94.5 Å². The molecule has 0 aliphatic heterocycles. The van der Waals surface area contributed by atoms with Gasteiger partial charge in [0.15, 0.2) is 5.69 Å². The molecule has 1 aromatic carbocycles. The number of hydrogen-bond donors (Lipinski definition) is 2. The van der Waals surface area contributed by atoms with Gasteiger partial charge in [-0.15, -0.1) is 0 Å². The van der Waals surface area contributed by atoms with Crippen molar-refractivity contribution in [1.29, 1.82) is 0 Å². The average molecular weight is 515 g/mol. The number of benzene rings is 1. The van der Waals surface area contributed by atoms with Crippen molar-refractivity contribution >= 4 is 11.8 Å². The van der Waals surface area contributed by atoms with Crippen molar-refractivity contribution in [2.24, 2.45) is 11.8 Å². The van der Waals surface area contributed by atoms with Crippen molar-refractivity contribution in [3.63, 3.8) is 0 Å². The van der Waals surface area contributed by atoms with Crippen LogP contribution < -0.4 is 20.1 Å². The molecule has 0 saturated heterocycles. The first kappa shape index (κ1) is 30.2. The van der Waals surface area contributed by atoms with Gasteiger partial charge in [0.2, 0.25) is 5.91 Å². The number of methoxy groups -OCH3 is 2. The lowest BCUT2D eigenvalue weighted by atomic mass is 10.0. The van der Waals surface area contributed by atoms with Gasteiger partial charge < -0.3 is 20.1 Å². The number of nitrogens with one attached hydrogen (secondary N) is 2. The standard InChI is InChI=1S/C29H46N4O4/c1-8-10-11-15-30-27(34)17-22(16-20(3)4)31-29(35)23-18-24(33(32-23)19-21(5)9-2)28-25(36-6)13-12-14-26(28)37-7/h12-14,18,20-22H,8-11,15-17,19H2,1-7H3,(H,30,34)(H,31,35)/t21?,22-/m0/s1. The zero-order chi connectivity index (χ0) is 27.4. The molecular formula is C29H46N4O4. The Morgan fingerprint density at radius 3 is 2.30 bits per heavy atom. The van der Waals surface area contributed by atoms with E-state index in [-0.39, 0.29) is 24.3 Å². The van der Waals surface area contributed by atoms with Crippen LogP contribution in [0, 0.1) is 11.8 Å². The van der Waals surface area contributed by atoms with Gasteiger partial charge in [0.05, 0.1) is 25.5 Å². The van der Waals surface area contributed by atoms with Crippen molar-refractivity contribution in [2.45, 2.75) is 85.7 Å². The summed E-state index contributed by atoms with van der Waals surface area (Å²) in [4.78, 5) is 25.9. The Morgan fingerprint density at radius 1 is 1.05 bits per heavy atom. The fourth-order valence-electron chi connectivity index (χ4n) is 4.32. The molecule has 0 aliphatic rings. The van der Waals surface area contributed by atoms with Crippen LogP contribution in [0.4, 0.5) is 0 Å². The number of nitrogens with zero attached hydrogens (tertiary/aromatic N) is 2. The number of unbranched alkanes of at least 4 members (excludes halogenated alkanes) is 2. The molecule has 2 amide bonds. The molecule has 2 aromatic rings. The molecule has 8 nitrogen and oxygen atoms in total. The summed E-state index contributed by atoms with van der Waals surface area (Å²) in [5.74, 6) is 1.66. The summed E-state index contributed by atoms with van der Waals surface area (Å²) in [5, 5.41) is 10.8. The van der Waals surface area contributed by atoms with E-state index in [2.05, 4.69) is 45.3 Å². The molecule has 206 valence electrons. The zero-order valence-corrected chi connectivity index (χ0v) is 23.7. The van der Waals surface area contributed by atoms with Crippen LogP contribution in [0.25, 0.3) is 11.3 Å². The number of carbonyl (C=O) groups excluding carboxylic acids is 2. The van der Waals surface area contributed by atoms with E-state index >= 15 is 0 Å². The minimum atomic E-state index is -0.289. The second kappa shape index (κ2) is 15.3. The van der Waals surface area contributed by atoms with Gasteiger partial charge in [-0.2, -0.15) is 5.10 Å². The van der Waals surface area contributed by atoms with Gasteiger partial charge in [-0.25, -0.2) is 0 Å². The van der Waals surface area contributed by atoms with E-state index in [0.29, 0.717) is 48.5 Å². The molecule has 0 fully saturated rings. The quantitative estimate of drug-likeness (QED) is 0.290. The van der Waals surface area contributed by atoms with Gasteiger partial charge in [0, 0.05) is 25.6 Å². The Labute approximate surface area is 222 Å². The van der Waals surface area contributed by atoms with Gasteiger partial charge in [0.1, 0.15) is 11.5 Å². The Morgan fingerprint density at radius 2 is 1.73 bits per heavy atom. The molecule has 1 aromatic heterocycles. The van der Waals surface area contributed by atoms with E-state index in [0.717, 1.165) is 36.9 Å². The maximum atomic E-state index is 13.4. The van der Waals surface area contributed by atoms with Crippen LogP contribution in [0.5, 0.6) is 11.5 Å². The van der Waals surface area contributed by atoms with Crippen LogP contribution in [-0.4, -0.2) is 48.4 Å². The first-order chi connectivity index (χ1) is 17.7. The lowest BCUT2D eigenvalue weighted by molar-refractivity contribution is -0.121. The third-order valence-corrected chi connectivity index (χ3v) is 6.50. The molecule has 8 heteroatoms. The zero-order valence-electron chi connectivity index (χ0n) is 23.7. The number of amides is 2. The lowest BCUT2D eigenvalue weighted by Gasteiger charge is -2.20.